The molecule has 0 bridgehead atoms. The number of carbonyl (C=O) groups excluding carboxylic acids is 2. The maximum Gasteiger partial charge on any atom is 0.336 e. The molecule has 3 rings (SSSR count). The van der Waals surface area contributed by atoms with Gasteiger partial charge < -0.3 is 5.32 Å². The summed E-state index contributed by atoms with van der Waals surface area (Å²) in [5.41, 5.74) is -0.0584. The molecular weight excluding hydrogens is 370 g/mol. The van der Waals surface area contributed by atoms with E-state index in [2.05, 4.69) is 5.32 Å². The van der Waals surface area contributed by atoms with E-state index in [1.54, 1.807) is 42.5 Å². The molecule has 0 saturated heterocycles. The standard InChI is InChI=1S/C22H23N3O4/c1-4-14(2)23-20(27)13-24-19-11-6-5-10-18(19)21(28)25(22(24)29)17-9-7-8-16(12-17)15(3)26/h5-12,14H,4,13H2,1-3H3,(H,23,27)/t14-/m1/s1. The van der Waals surface area contributed by atoms with Gasteiger partial charge in [0.2, 0.25) is 5.91 Å². The number of rotatable bonds is 6. The van der Waals surface area contributed by atoms with Gasteiger partial charge in [-0.3, -0.25) is 19.0 Å². The van der Waals surface area contributed by atoms with E-state index >= 15 is 0 Å². The first-order valence-electron chi connectivity index (χ1n) is 9.48. The molecule has 1 heterocycles. The zero-order chi connectivity index (χ0) is 21.1. The highest BCUT2D eigenvalue weighted by Crippen LogP contribution is 2.12. The summed E-state index contributed by atoms with van der Waals surface area (Å²) in [5.74, 6) is -0.483. The van der Waals surface area contributed by atoms with Gasteiger partial charge in [-0.05, 0) is 44.5 Å². The Hall–Kier alpha value is -3.48. The molecule has 0 unspecified atom stereocenters. The highest BCUT2D eigenvalue weighted by Gasteiger charge is 2.17. The predicted octanol–water partition coefficient (Wildman–Crippen LogP) is 2.27. The number of amides is 1. The third kappa shape index (κ3) is 4.03. The molecule has 0 aliphatic rings. The van der Waals surface area contributed by atoms with E-state index < -0.39 is 11.2 Å². The molecule has 2 aromatic carbocycles. The molecule has 7 heteroatoms. The van der Waals surface area contributed by atoms with Crippen LogP contribution in [0.5, 0.6) is 0 Å². The molecule has 0 aliphatic carbocycles. The van der Waals surface area contributed by atoms with Gasteiger partial charge in [0, 0.05) is 11.6 Å². The van der Waals surface area contributed by atoms with Crippen molar-refractivity contribution >= 4 is 22.6 Å². The minimum Gasteiger partial charge on any atom is -0.352 e. The SMILES string of the molecule is CC[C@@H](C)NC(=O)Cn1c(=O)n(-c2cccc(C(C)=O)c2)c(=O)c2ccccc21. The summed E-state index contributed by atoms with van der Waals surface area (Å²) in [7, 11) is 0. The smallest absolute Gasteiger partial charge is 0.336 e. The maximum absolute atomic E-state index is 13.2. The van der Waals surface area contributed by atoms with Crippen LogP contribution in [0.15, 0.2) is 58.1 Å². The number of para-hydroxylation sites is 1. The predicted molar refractivity (Wildman–Crippen MR) is 112 cm³/mol. The van der Waals surface area contributed by atoms with Gasteiger partial charge in [0.15, 0.2) is 5.78 Å². The highest BCUT2D eigenvalue weighted by molar-refractivity contribution is 5.94. The monoisotopic (exact) mass is 393 g/mol. The van der Waals surface area contributed by atoms with Crippen LogP contribution in [0.3, 0.4) is 0 Å². The first-order valence-corrected chi connectivity index (χ1v) is 9.48. The normalized spacial score (nSPS) is 12.0. The van der Waals surface area contributed by atoms with Crippen LogP contribution >= 0.6 is 0 Å². The summed E-state index contributed by atoms with van der Waals surface area (Å²) in [4.78, 5) is 50.5. The molecule has 3 aromatic rings. The second-order valence-electron chi connectivity index (χ2n) is 7.01. The van der Waals surface area contributed by atoms with Crippen LogP contribution in [0.2, 0.25) is 0 Å². The fourth-order valence-corrected chi connectivity index (χ4v) is 3.13. The Kier molecular flexibility index (Phi) is 5.77. The summed E-state index contributed by atoms with van der Waals surface area (Å²) >= 11 is 0. The van der Waals surface area contributed by atoms with Crippen molar-refractivity contribution < 1.29 is 9.59 Å². The topological polar surface area (TPSA) is 90.2 Å². The summed E-state index contributed by atoms with van der Waals surface area (Å²) in [5, 5.41) is 3.15. The fraction of sp³-hybridized carbons (Fsp3) is 0.273. The lowest BCUT2D eigenvalue weighted by Gasteiger charge is -2.16. The lowest BCUT2D eigenvalue weighted by Crippen LogP contribution is -2.43. The molecule has 7 nitrogen and oxygen atoms in total. The number of nitrogens with one attached hydrogen (secondary N) is 1. The van der Waals surface area contributed by atoms with E-state index in [0.29, 0.717) is 16.5 Å². The van der Waals surface area contributed by atoms with E-state index in [1.807, 2.05) is 13.8 Å². The van der Waals surface area contributed by atoms with Crippen LogP contribution < -0.4 is 16.6 Å². The van der Waals surface area contributed by atoms with Crippen molar-refractivity contribution in [2.24, 2.45) is 0 Å². The number of aromatic nitrogens is 2. The van der Waals surface area contributed by atoms with E-state index in [0.717, 1.165) is 11.0 Å². The van der Waals surface area contributed by atoms with Crippen molar-refractivity contribution in [3.63, 3.8) is 0 Å². The van der Waals surface area contributed by atoms with E-state index in [9.17, 15) is 19.2 Å². The second kappa shape index (κ2) is 8.26. The Morgan fingerprint density at radius 2 is 1.79 bits per heavy atom. The van der Waals surface area contributed by atoms with Crippen LogP contribution in [0, 0.1) is 0 Å². The molecule has 1 aromatic heterocycles. The Morgan fingerprint density at radius 3 is 2.48 bits per heavy atom. The third-order valence-electron chi connectivity index (χ3n) is 4.88. The van der Waals surface area contributed by atoms with Crippen molar-refractivity contribution in [2.45, 2.75) is 39.8 Å². The van der Waals surface area contributed by atoms with Crippen molar-refractivity contribution in [1.82, 2.24) is 14.5 Å². The quantitative estimate of drug-likeness (QED) is 0.651. The number of fused-ring (bicyclic) bond motifs is 1. The Morgan fingerprint density at radius 1 is 1.07 bits per heavy atom. The summed E-state index contributed by atoms with van der Waals surface area (Å²) in [6.07, 6.45) is 0.763. The van der Waals surface area contributed by atoms with Crippen molar-refractivity contribution in [3.05, 3.63) is 74.9 Å². The highest BCUT2D eigenvalue weighted by atomic mass is 16.2. The number of Topliss-reactive ketones (excluding diaryl/α,β-unsaturated/α-hetero) is 1. The molecule has 0 spiro atoms. The van der Waals surface area contributed by atoms with Gasteiger partial charge in [-0.15, -0.1) is 0 Å². The Balaban J connectivity index is 2.23. The zero-order valence-corrected chi connectivity index (χ0v) is 16.6. The first-order chi connectivity index (χ1) is 13.8. The fourth-order valence-electron chi connectivity index (χ4n) is 3.13. The molecule has 1 amide bonds. The van der Waals surface area contributed by atoms with Gasteiger partial charge in [-0.1, -0.05) is 31.2 Å². The van der Waals surface area contributed by atoms with E-state index in [-0.39, 0.29) is 30.0 Å². The number of ketones is 1. The van der Waals surface area contributed by atoms with E-state index in [1.165, 1.54) is 17.6 Å². The maximum atomic E-state index is 13.2. The summed E-state index contributed by atoms with van der Waals surface area (Å²) in [6.45, 7) is 5.04. The third-order valence-corrected chi connectivity index (χ3v) is 4.88. The minimum absolute atomic E-state index is 0.0254. The number of benzene rings is 2. The largest absolute Gasteiger partial charge is 0.352 e. The van der Waals surface area contributed by atoms with Gasteiger partial charge >= 0.3 is 5.69 Å². The summed E-state index contributed by atoms with van der Waals surface area (Å²) in [6, 6.07) is 13.0. The number of hydrogen-bond donors (Lipinski definition) is 1. The van der Waals surface area contributed by atoms with Crippen LogP contribution in [0.4, 0.5) is 0 Å². The molecular formula is C22H23N3O4. The van der Waals surface area contributed by atoms with Crippen LogP contribution in [-0.4, -0.2) is 26.9 Å². The second-order valence-corrected chi connectivity index (χ2v) is 7.01. The first kappa shape index (κ1) is 20.3. The van der Waals surface area contributed by atoms with Crippen molar-refractivity contribution in [2.75, 3.05) is 0 Å². The van der Waals surface area contributed by atoms with Gasteiger partial charge in [0.25, 0.3) is 5.56 Å². The van der Waals surface area contributed by atoms with Crippen LogP contribution in [0.1, 0.15) is 37.6 Å². The Labute approximate surface area is 167 Å². The molecule has 29 heavy (non-hydrogen) atoms. The number of carbonyl (C=O) groups is 2. The molecule has 0 saturated carbocycles. The molecule has 1 N–H and O–H groups in total. The average Bonchev–Trinajstić information content (AvgIpc) is 2.71. The lowest BCUT2D eigenvalue weighted by atomic mass is 10.1. The van der Waals surface area contributed by atoms with Gasteiger partial charge in [0.1, 0.15) is 6.54 Å². The Bertz CT molecular complexity index is 1210. The van der Waals surface area contributed by atoms with Crippen LogP contribution in [0.25, 0.3) is 16.6 Å². The summed E-state index contributed by atoms with van der Waals surface area (Å²) < 4.78 is 2.29. The molecule has 0 aliphatic heterocycles. The van der Waals surface area contributed by atoms with Crippen LogP contribution in [-0.2, 0) is 11.3 Å². The average molecular weight is 393 g/mol. The minimum atomic E-state index is -0.631. The molecule has 150 valence electrons. The van der Waals surface area contributed by atoms with Gasteiger partial charge in [-0.2, -0.15) is 0 Å². The van der Waals surface area contributed by atoms with E-state index in [4.69, 9.17) is 0 Å². The molecule has 0 fully saturated rings. The molecule has 1 atom stereocenters. The van der Waals surface area contributed by atoms with Crippen molar-refractivity contribution in [1.29, 1.82) is 0 Å². The van der Waals surface area contributed by atoms with Gasteiger partial charge in [-0.25, -0.2) is 9.36 Å². The van der Waals surface area contributed by atoms with Crippen molar-refractivity contribution in [3.8, 4) is 5.69 Å². The zero-order valence-electron chi connectivity index (χ0n) is 16.6. The number of nitrogens with zero attached hydrogens (tertiary/aromatic N) is 2. The lowest BCUT2D eigenvalue weighted by molar-refractivity contribution is -0.122. The number of hydrogen-bond acceptors (Lipinski definition) is 4. The van der Waals surface area contributed by atoms with Gasteiger partial charge in [0.05, 0.1) is 16.6 Å². The molecule has 0 radical (unpaired) electrons.